The van der Waals surface area contributed by atoms with Gasteiger partial charge in [0.15, 0.2) is 0 Å². The Bertz CT molecular complexity index is 1020. The summed E-state index contributed by atoms with van der Waals surface area (Å²) in [6, 6.07) is 7.46. The van der Waals surface area contributed by atoms with Crippen LogP contribution in [-0.2, 0) is 0 Å². The van der Waals surface area contributed by atoms with Gasteiger partial charge < -0.3 is 15.5 Å². The fourth-order valence-corrected chi connectivity index (χ4v) is 5.37. The number of H-pyrrole nitrogens is 1. The number of aromatic nitrogens is 2. The number of nitrogens with two attached hydrogens (primary N) is 1. The number of carbonyl (C=O) groups is 1. The Morgan fingerprint density at radius 2 is 2.00 bits per heavy atom. The topological polar surface area (TPSA) is 121 Å². The number of primary amides is 1. The zero-order chi connectivity index (χ0) is 19.9. The van der Waals surface area contributed by atoms with Gasteiger partial charge in [0.05, 0.1) is 18.2 Å². The van der Waals surface area contributed by atoms with Gasteiger partial charge >= 0.3 is 0 Å². The summed E-state index contributed by atoms with van der Waals surface area (Å²) in [7, 11) is -0.884. The molecule has 1 amide bonds. The lowest BCUT2D eigenvalue weighted by Crippen LogP contribution is -2.19. The average molecular weight is 401 g/mol. The number of hydrogen-bond donors (Lipinski definition) is 4. The van der Waals surface area contributed by atoms with Crippen LogP contribution in [0.2, 0.25) is 0 Å². The summed E-state index contributed by atoms with van der Waals surface area (Å²) in [6.45, 7) is 0. The SMILES string of the molecule is COc1ccc(-c2cc(C(N)=O)c3[nH]cc(C4CCS(O)(O)CC4)c3c2)cn1. The van der Waals surface area contributed by atoms with Crippen LogP contribution in [0.25, 0.3) is 22.0 Å². The van der Waals surface area contributed by atoms with Gasteiger partial charge in [-0.15, -0.1) is 0 Å². The van der Waals surface area contributed by atoms with Crippen LogP contribution in [0.5, 0.6) is 5.88 Å². The maximum Gasteiger partial charge on any atom is 0.250 e. The molecule has 3 heterocycles. The summed E-state index contributed by atoms with van der Waals surface area (Å²) in [5.74, 6) is 1.05. The maximum atomic E-state index is 12.1. The number of ether oxygens (including phenoxy) is 1. The van der Waals surface area contributed by atoms with E-state index in [1.54, 1.807) is 25.4 Å². The fourth-order valence-electron chi connectivity index (χ4n) is 3.84. The number of fused-ring (bicyclic) bond motifs is 1. The lowest BCUT2D eigenvalue weighted by molar-refractivity contribution is 0.100. The average Bonchev–Trinajstić information content (AvgIpc) is 3.11. The van der Waals surface area contributed by atoms with Crippen molar-refractivity contribution in [2.45, 2.75) is 18.8 Å². The summed E-state index contributed by atoms with van der Waals surface area (Å²) in [5.41, 5.74) is 9.56. The lowest BCUT2D eigenvalue weighted by Gasteiger charge is -2.39. The van der Waals surface area contributed by atoms with Crippen LogP contribution in [0.15, 0.2) is 36.7 Å². The molecule has 148 valence electrons. The Balaban J connectivity index is 1.80. The van der Waals surface area contributed by atoms with Gasteiger partial charge in [0, 0.05) is 40.9 Å². The monoisotopic (exact) mass is 401 g/mol. The molecule has 0 spiro atoms. The van der Waals surface area contributed by atoms with Crippen molar-refractivity contribution in [1.82, 2.24) is 9.97 Å². The molecule has 1 fully saturated rings. The Labute approximate surface area is 164 Å². The second kappa shape index (κ2) is 7.12. The molecule has 8 heteroatoms. The molecule has 0 radical (unpaired) electrons. The molecule has 0 saturated carbocycles. The molecule has 1 aliphatic heterocycles. The van der Waals surface area contributed by atoms with E-state index in [0.717, 1.165) is 22.1 Å². The molecule has 2 aromatic heterocycles. The van der Waals surface area contributed by atoms with Crippen molar-refractivity contribution in [3.05, 3.63) is 47.8 Å². The van der Waals surface area contributed by atoms with Gasteiger partial charge in [-0.1, -0.05) is 0 Å². The predicted molar refractivity (Wildman–Crippen MR) is 111 cm³/mol. The van der Waals surface area contributed by atoms with Gasteiger partial charge in [-0.2, -0.15) is 10.6 Å². The number of hydrogen-bond acceptors (Lipinski definition) is 5. The Hall–Kier alpha value is -2.55. The number of methoxy groups -OCH3 is 1. The molecule has 5 N–H and O–H groups in total. The van der Waals surface area contributed by atoms with E-state index in [-0.39, 0.29) is 5.92 Å². The summed E-state index contributed by atoms with van der Waals surface area (Å²) in [4.78, 5) is 19.5. The summed E-state index contributed by atoms with van der Waals surface area (Å²) in [6.07, 6.45) is 5.02. The van der Waals surface area contributed by atoms with E-state index in [4.69, 9.17) is 10.5 Å². The molecule has 28 heavy (non-hydrogen) atoms. The lowest BCUT2D eigenvalue weighted by atomic mass is 9.91. The van der Waals surface area contributed by atoms with E-state index in [1.165, 1.54) is 0 Å². The first-order chi connectivity index (χ1) is 13.4. The molecular formula is C20H23N3O4S. The summed E-state index contributed by atoms with van der Waals surface area (Å²) < 4.78 is 24.9. The number of carbonyl (C=O) groups excluding carboxylic acids is 1. The van der Waals surface area contributed by atoms with Gasteiger partial charge in [-0.05, 0) is 48.1 Å². The van der Waals surface area contributed by atoms with Gasteiger partial charge in [-0.3, -0.25) is 13.9 Å². The third kappa shape index (κ3) is 3.46. The Morgan fingerprint density at radius 3 is 2.61 bits per heavy atom. The van der Waals surface area contributed by atoms with Crippen molar-refractivity contribution >= 4 is 27.4 Å². The molecule has 3 aromatic rings. The molecule has 7 nitrogen and oxygen atoms in total. The zero-order valence-corrected chi connectivity index (χ0v) is 16.3. The minimum absolute atomic E-state index is 0.207. The molecule has 4 rings (SSSR count). The molecule has 0 unspecified atom stereocenters. The van der Waals surface area contributed by atoms with Crippen molar-refractivity contribution in [2.24, 2.45) is 5.73 Å². The third-order valence-corrected chi connectivity index (χ3v) is 7.17. The van der Waals surface area contributed by atoms with Crippen LogP contribution in [-0.4, -0.2) is 43.6 Å². The van der Waals surface area contributed by atoms with Gasteiger partial charge in [0.25, 0.3) is 5.91 Å². The number of pyridine rings is 1. The fraction of sp³-hybridized carbons (Fsp3) is 0.300. The van der Waals surface area contributed by atoms with Crippen LogP contribution in [0.1, 0.15) is 34.7 Å². The molecule has 0 bridgehead atoms. The number of rotatable bonds is 4. The number of benzene rings is 1. The first-order valence-electron chi connectivity index (χ1n) is 9.07. The number of nitrogens with zero attached hydrogens (tertiary/aromatic N) is 1. The normalized spacial score (nSPS) is 18.1. The molecular weight excluding hydrogens is 378 g/mol. The van der Waals surface area contributed by atoms with Crippen molar-refractivity contribution < 1.29 is 18.6 Å². The van der Waals surface area contributed by atoms with Gasteiger partial charge in [0.1, 0.15) is 0 Å². The number of amides is 1. The van der Waals surface area contributed by atoms with E-state index in [2.05, 4.69) is 9.97 Å². The van der Waals surface area contributed by atoms with Crippen LogP contribution >= 0.6 is 10.6 Å². The van der Waals surface area contributed by atoms with Crippen molar-refractivity contribution in [2.75, 3.05) is 18.6 Å². The largest absolute Gasteiger partial charge is 0.481 e. The third-order valence-electron chi connectivity index (χ3n) is 5.39. The van der Waals surface area contributed by atoms with E-state index < -0.39 is 16.5 Å². The Kier molecular flexibility index (Phi) is 4.78. The van der Waals surface area contributed by atoms with Crippen molar-refractivity contribution in [3.8, 4) is 17.0 Å². The highest BCUT2D eigenvalue weighted by Gasteiger charge is 2.27. The molecule has 0 aliphatic carbocycles. The van der Waals surface area contributed by atoms with E-state index in [0.29, 0.717) is 41.3 Å². The number of nitrogens with one attached hydrogen (secondary N) is 1. The first-order valence-corrected chi connectivity index (χ1v) is 11.0. The smallest absolute Gasteiger partial charge is 0.250 e. The summed E-state index contributed by atoms with van der Waals surface area (Å²) >= 11 is 0. The standard InChI is InChI=1S/C20H23N3O4S/c1-27-18-3-2-13(10-22-18)14-8-15-17(12-4-6-28(25,26)7-5-12)11-23-19(15)16(9-14)20(21)24/h2-3,8-12,23,25-26H,4-7H2,1H3,(H2,21,24). The van der Waals surface area contributed by atoms with Crippen molar-refractivity contribution in [1.29, 1.82) is 0 Å². The van der Waals surface area contributed by atoms with E-state index in [9.17, 15) is 13.9 Å². The van der Waals surface area contributed by atoms with Crippen LogP contribution in [0.3, 0.4) is 0 Å². The quantitative estimate of drug-likeness (QED) is 0.527. The van der Waals surface area contributed by atoms with Crippen molar-refractivity contribution in [3.63, 3.8) is 0 Å². The molecule has 1 saturated heterocycles. The highest BCUT2D eigenvalue weighted by atomic mass is 32.3. The second-order valence-corrected chi connectivity index (χ2v) is 9.55. The Morgan fingerprint density at radius 1 is 1.25 bits per heavy atom. The zero-order valence-electron chi connectivity index (χ0n) is 15.5. The highest BCUT2D eigenvalue weighted by Crippen LogP contribution is 2.49. The number of aromatic amines is 1. The van der Waals surface area contributed by atoms with Crippen LogP contribution in [0.4, 0.5) is 0 Å². The van der Waals surface area contributed by atoms with E-state index in [1.807, 2.05) is 18.3 Å². The minimum atomic E-state index is -2.44. The molecule has 1 aliphatic rings. The first kappa shape index (κ1) is 18.8. The van der Waals surface area contributed by atoms with Gasteiger partial charge in [-0.25, -0.2) is 4.98 Å². The minimum Gasteiger partial charge on any atom is -0.481 e. The maximum absolute atomic E-state index is 12.1. The second-order valence-electron chi connectivity index (χ2n) is 7.13. The van der Waals surface area contributed by atoms with E-state index >= 15 is 0 Å². The predicted octanol–water partition coefficient (Wildman–Crippen LogP) is 3.97. The van der Waals surface area contributed by atoms with Crippen LogP contribution < -0.4 is 10.5 Å². The molecule has 1 aromatic carbocycles. The van der Waals surface area contributed by atoms with Gasteiger partial charge in [0.2, 0.25) is 5.88 Å². The molecule has 0 atom stereocenters. The van der Waals surface area contributed by atoms with Crippen LogP contribution in [0, 0.1) is 0 Å². The summed E-state index contributed by atoms with van der Waals surface area (Å²) in [5, 5.41) is 0.936. The highest BCUT2D eigenvalue weighted by molar-refractivity contribution is 8.24.